The molecule has 1 fully saturated rings. The molecule has 1 aliphatic rings. The van der Waals surface area contributed by atoms with E-state index in [0.29, 0.717) is 31.7 Å². The molecule has 0 spiro atoms. The lowest BCUT2D eigenvalue weighted by atomic mass is 10.0. The second kappa shape index (κ2) is 8.97. The number of nitrogens with one attached hydrogen (secondary N) is 1. The van der Waals surface area contributed by atoms with Gasteiger partial charge in [-0.25, -0.2) is 8.78 Å². The molecule has 1 amide bonds. The summed E-state index contributed by atoms with van der Waals surface area (Å²) in [6, 6.07) is 14.8. The number of hydrogen-bond donors (Lipinski definition) is 1. The first-order valence-electron chi connectivity index (χ1n) is 10.8. The topological polar surface area (TPSA) is 71.1 Å². The summed E-state index contributed by atoms with van der Waals surface area (Å²) in [7, 11) is 0. The average Bonchev–Trinajstić information content (AvgIpc) is 3.50. The van der Waals surface area contributed by atoms with E-state index in [1.807, 2.05) is 41.3 Å². The average molecular weight is 448 g/mol. The number of H-pyrrole nitrogens is 1. The van der Waals surface area contributed by atoms with Crippen molar-refractivity contribution in [1.82, 2.24) is 20.1 Å². The third-order valence-electron chi connectivity index (χ3n) is 5.93. The van der Waals surface area contributed by atoms with E-state index in [0.717, 1.165) is 40.8 Å². The molecule has 0 aliphatic carbocycles. The van der Waals surface area contributed by atoms with Crippen molar-refractivity contribution < 1.29 is 18.3 Å². The summed E-state index contributed by atoms with van der Waals surface area (Å²) in [4.78, 5) is 19.2. The lowest BCUT2D eigenvalue weighted by Gasteiger charge is -2.16. The minimum atomic E-state index is -0.933. The van der Waals surface area contributed by atoms with Crippen LogP contribution in [0.25, 0.3) is 10.9 Å². The molecule has 4 aromatic rings. The van der Waals surface area contributed by atoms with Crippen LogP contribution in [0.3, 0.4) is 0 Å². The number of likely N-dealkylation sites (tertiary alicyclic amines) is 1. The predicted octanol–water partition coefficient (Wildman–Crippen LogP) is 4.49. The fourth-order valence-corrected chi connectivity index (χ4v) is 4.14. The molecule has 33 heavy (non-hydrogen) atoms. The van der Waals surface area contributed by atoms with Crippen LogP contribution in [0.4, 0.5) is 8.78 Å². The highest BCUT2D eigenvalue weighted by Crippen LogP contribution is 2.28. The van der Waals surface area contributed by atoms with Crippen molar-refractivity contribution >= 4 is 16.8 Å². The third-order valence-corrected chi connectivity index (χ3v) is 5.93. The summed E-state index contributed by atoms with van der Waals surface area (Å²) in [5.74, 6) is -1.38. The molecule has 1 atom stereocenters. The number of hydrogen-bond acceptors (Lipinski definition) is 4. The van der Waals surface area contributed by atoms with Crippen molar-refractivity contribution in [2.24, 2.45) is 0 Å². The van der Waals surface area contributed by atoms with E-state index >= 15 is 0 Å². The van der Waals surface area contributed by atoms with Gasteiger partial charge in [0.1, 0.15) is 5.75 Å². The van der Waals surface area contributed by atoms with Crippen LogP contribution in [0.5, 0.6) is 5.75 Å². The summed E-state index contributed by atoms with van der Waals surface area (Å²) < 4.78 is 31.8. The number of aromatic amines is 1. The number of carbonyl (C=O) groups is 1. The van der Waals surface area contributed by atoms with Crippen molar-refractivity contribution in [3.63, 3.8) is 0 Å². The Morgan fingerprint density at radius 1 is 1.12 bits per heavy atom. The Hall–Kier alpha value is -3.81. The molecule has 3 heterocycles. The fraction of sp³-hybridized carbons (Fsp3) is 0.240. The van der Waals surface area contributed by atoms with Crippen LogP contribution in [0.15, 0.2) is 60.8 Å². The zero-order valence-corrected chi connectivity index (χ0v) is 17.8. The van der Waals surface area contributed by atoms with E-state index in [1.54, 1.807) is 6.20 Å². The van der Waals surface area contributed by atoms with Gasteiger partial charge in [0, 0.05) is 54.3 Å². The maximum Gasteiger partial charge on any atom is 0.253 e. The summed E-state index contributed by atoms with van der Waals surface area (Å²) in [6.45, 7) is 1.59. The van der Waals surface area contributed by atoms with Crippen LogP contribution in [0.2, 0.25) is 0 Å². The largest absolute Gasteiger partial charge is 0.493 e. The highest BCUT2D eigenvalue weighted by Gasteiger charge is 2.29. The Bertz CT molecular complexity index is 1310. The van der Waals surface area contributed by atoms with Crippen LogP contribution in [0.1, 0.15) is 34.1 Å². The van der Waals surface area contributed by atoms with Gasteiger partial charge in [0.25, 0.3) is 5.91 Å². The maximum absolute atomic E-state index is 13.3. The molecular formula is C25H22F2N4O2. The summed E-state index contributed by atoms with van der Waals surface area (Å²) in [5.41, 5.74) is 3.33. The molecule has 1 N–H and O–H groups in total. The van der Waals surface area contributed by atoms with Crippen LogP contribution in [-0.4, -0.2) is 45.7 Å². The lowest BCUT2D eigenvalue weighted by Crippen LogP contribution is -2.28. The summed E-state index contributed by atoms with van der Waals surface area (Å²) >= 11 is 0. The molecule has 1 aliphatic heterocycles. The van der Waals surface area contributed by atoms with Gasteiger partial charge >= 0.3 is 0 Å². The Morgan fingerprint density at radius 3 is 2.91 bits per heavy atom. The van der Waals surface area contributed by atoms with Gasteiger partial charge in [0.15, 0.2) is 11.6 Å². The SMILES string of the molecule is O=C(c1ccc2ncccc2c1)N1CC[C@@H](c2cc(CCOc3ccc(F)c(F)c3)[nH]n2)C1. The van der Waals surface area contributed by atoms with Crippen molar-refractivity contribution in [3.05, 3.63) is 89.4 Å². The first-order chi connectivity index (χ1) is 16.1. The summed E-state index contributed by atoms with van der Waals surface area (Å²) in [6.07, 6.45) is 3.13. The lowest BCUT2D eigenvalue weighted by molar-refractivity contribution is 0.0791. The van der Waals surface area contributed by atoms with Gasteiger partial charge in [-0.15, -0.1) is 0 Å². The Kier molecular flexibility index (Phi) is 5.73. The Morgan fingerprint density at radius 2 is 2.03 bits per heavy atom. The number of ether oxygens (including phenoxy) is 1. The quantitative estimate of drug-likeness (QED) is 0.472. The van der Waals surface area contributed by atoms with Crippen molar-refractivity contribution in [3.8, 4) is 5.75 Å². The minimum absolute atomic E-state index is 0.0129. The first kappa shape index (κ1) is 21.1. The second-order valence-corrected chi connectivity index (χ2v) is 8.14. The molecule has 0 saturated carbocycles. The van der Waals surface area contributed by atoms with Crippen molar-refractivity contribution in [2.45, 2.75) is 18.8 Å². The van der Waals surface area contributed by atoms with Crippen molar-refractivity contribution in [2.75, 3.05) is 19.7 Å². The van der Waals surface area contributed by atoms with Gasteiger partial charge in [-0.1, -0.05) is 6.07 Å². The minimum Gasteiger partial charge on any atom is -0.493 e. The fourth-order valence-electron chi connectivity index (χ4n) is 4.14. The van der Waals surface area contributed by atoms with Gasteiger partial charge < -0.3 is 9.64 Å². The molecule has 168 valence electrons. The van der Waals surface area contributed by atoms with Crippen LogP contribution in [-0.2, 0) is 6.42 Å². The van der Waals surface area contributed by atoms with Crippen LogP contribution < -0.4 is 4.74 Å². The number of pyridine rings is 1. The number of amides is 1. The van der Waals surface area contributed by atoms with Crippen LogP contribution in [0, 0.1) is 11.6 Å². The number of benzene rings is 2. The third kappa shape index (κ3) is 4.55. The molecule has 0 unspecified atom stereocenters. The van der Waals surface area contributed by atoms with Gasteiger partial charge in [0.05, 0.1) is 17.8 Å². The van der Waals surface area contributed by atoms with Gasteiger partial charge in [0.2, 0.25) is 0 Å². The molecule has 8 heteroatoms. The number of nitrogens with zero attached hydrogens (tertiary/aromatic N) is 3. The van der Waals surface area contributed by atoms with E-state index in [1.165, 1.54) is 6.07 Å². The Labute approximate surface area is 189 Å². The number of carbonyl (C=O) groups excluding carboxylic acids is 1. The highest BCUT2D eigenvalue weighted by molar-refractivity contribution is 5.98. The number of halogens is 2. The number of aromatic nitrogens is 3. The van der Waals surface area contributed by atoms with Gasteiger partial charge in [-0.2, -0.15) is 5.10 Å². The molecular weight excluding hydrogens is 426 g/mol. The van der Waals surface area contributed by atoms with E-state index < -0.39 is 11.6 Å². The molecule has 2 aromatic heterocycles. The monoisotopic (exact) mass is 448 g/mol. The Balaban J connectivity index is 1.17. The van der Waals surface area contributed by atoms with E-state index in [9.17, 15) is 13.6 Å². The highest BCUT2D eigenvalue weighted by atomic mass is 19.2. The number of rotatable bonds is 6. The zero-order valence-electron chi connectivity index (χ0n) is 17.8. The van der Waals surface area contributed by atoms with E-state index in [2.05, 4.69) is 15.2 Å². The van der Waals surface area contributed by atoms with Crippen molar-refractivity contribution in [1.29, 1.82) is 0 Å². The standard InChI is InChI=1S/C25H22F2N4O2/c26-21-5-4-20(14-22(21)27)33-11-8-19-13-24(30-29-19)18-7-10-31(15-18)25(32)17-3-6-23-16(12-17)2-1-9-28-23/h1-6,9,12-14,18H,7-8,10-11,15H2,(H,29,30)/t18-/m1/s1. The van der Waals surface area contributed by atoms with Gasteiger partial charge in [-0.05, 0) is 48.9 Å². The van der Waals surface area contributed by atoms with E-state index in [-0.39, 0.29) is 17.6 Å². The normalized spacial score (nSPS) is 15.8. The smallest absolute Gasteiger partial charge is 0.253 e. The second-order valence-electron chi connectivity index (χ2n) is 8.14. The molecule has 1 saturated heterocycles. The first-order valence-corrected chi connectivity index (χ1v) is 10.8. The summed E-state index contributed by atoms with van der Waals surface area (Å²) in [5, 5.41) is 8.38. The molecule has 6 nitrogen and oxygen atoms in total. The molecule has 5 rings (SSSR count). The van der Waals surface area contributed by atoms with E-state index in [4.69, 9.17) is 4.74 Å². The molecule has 2 aromatic carbocycles. The van der Waals surface area contributed by atoms with Crippen LogP contribution >= 0.6 is 0 Å². The number of fused-ring (bicyclic) bond motifs is 1. The molecule has 0 bridgehead atoms. The zero-order chi connectivity index (χ0) is 22.8. The maximum atomic E-state index is 13.3. The predicted molar refractivity (Wildman–Crippen MR) is 119 cm³/mol. The van der Waals surface area contributed by atoms with Gasteiger partial charge in [-0.3, -0.25) is 14.9 Å². The molecule has 0 radical (unpaired) electrons.